The van der Waals surface area contributed by atoms with Crippen LogP contribution in [0.2, 0.25) is 0 Å². The first-order chi connectivity index (χ1) is 13.7. The maximum Gasteiger partial charge on any atom is 0.341 e. The van der Waals surface area contributed by atoms with Gasteiger partial charge in [0.1, 0.15) is 18.2 Å². The molecule has 0 unspecified atom stereocenters. The maximum absolute atomic E-state index is 12.4. The quantitative estimate of drug-likeness (QED) is 0.435. The van der Waals surface area contributed by atoms with Gasteiger partial charge in [0.15, 0.2) is 16.6 Å². The van der Waals surface area contributed by atoms with E-state index in [0.717, 1.165) is 47.7 Å². The summed E-state index contributed by atoms with van der Waals surface area (Å²) in [5, 5.41) is 7.51. The molecule has 0 saturated heterocycles. The molecule has 2 heterocycles. The summed E-state index contributed by atoms with van der Waals surface area (Å²) in [5.41, 5.74) is 2.52. The topological polar surface area (TPSA) is 68.8 Å². The zero-order chi connectivity index (χ0) is 19.5. The molecular weight excluding hydrogens is 396 g/mol. The Morgan fingerprint density at radius 3 is 2.71 bits per heavy atom. The maximum atomic E-state index is 12.4. The van der Waals surface area contributed by atoms with Gasteiger partial charge in [-0.2, -0.15) is 0 Å². The van der Waals surface area contributed by atoms with Crippen molar-refractivity contribution in [1.82, 2.24) is 0 Å². The number of anilines is 2. The van der Waals surface area contributed by atoms with Gasteiger partial charge in [-0.05, 0) is 55.6 Å². The Kier molecular flexibility index (Phi) is 5.68. The number of nitrogens with one attached hydrogen (secondary N) is 2. The average molecular weight is 419 g/mol. The molecule has 0 amide bonds. The minimum Gasteiger partial charge on any atom is -0.486 e. The van der Waals surface area contributed by atoms with E-state index in [1.807, 2.05) is 18.2 Å². The molecule has 0 saturated carbocycles. The highest BCUT2D eigenvalue weighted by Gasteiger charge is 2.25. The van der Waals surface area contributed by atoms with Gasteiger partial charge >= 0.3 is 5.97 Å². The molecule has 2 N–H and O–H groups in total. The SMILES string of the molecule is COC(=O)c1c(NC(=S)Nc2ccc3c(c2)OCCO3)sc2c1CCCCC2. The molecule has 2 aliphatic rings. The molecule has 0 fully saturated rings. The van der Waals surface area contributed by atoms with E-state index in [2.05, 4.69) is 10.6 Å². The first kappa shape index (κ1) is 19.0. The second kappa shape index (κ2) is 8.36. The van der Waals surface area contributed by atoms with Gasteiger partial charge < -0.3 is 24.8 Å². The van der Waals surface area contributed by atoms with E-state index < -0.39 is 0 Å². The van der Waals surface area contributed by atoms with Crippen molar-refractivity contribution in [2.24, 2.45) is 0 Å². The number of methoxy groups -OCH3 is 1. The van der Waals surface area contributed by atoms with Crippen LogP contribution >= 0.6 is 23.6 Å². The molecule has 0 radical (unpaired) electrons. The number of fused-ring (bicyclic) bond motifs is 2. The number of benzene rings is 1. The van der Waals surface area contributed by atoms with Crippen LogP contribution in [0.5, 0.6) is 11.5 Å². The highest BCUT2D eigenvalue weighted by molar-refractivity contribution is 7.80. The number of aryl methyl sites for hydroxylation is 1. The highest BCUT2D eigenvalue weighted by atomic mass is 32.1. The van der Waals surface area contributed by atoms with E-state index in [1.54, 1.807) is 11.3 Å². The molecule has 0 atom stereocenters. The predicted molar refractivity (Wildman–Crippen MR) is 114 cm³/mol. The van der Waals surface area contributed by atoms with Crippen molar-refractivity contribution in [3.63, 3.8) is 0 Å². The number of carbonyl (C=O) groups is 1. The molecule has 0 bridgehead atoms. The fraction of sp³-hybridized carbons (Fsp3) is 0.400. The Morgan fingerprint density at radius 1 is 1.11 bits per heavy atom. The average Bonchev–Trinajstić information content (AvgIpc) is 2.87. The fourth-order valence-electron chi connectivity index (χ4n) is 3.54. The molecule has 2 aromatic rings. The molecule has 1 aromatic carbocycles. The van der Waals surface area contributed by atoms with Crippen LogP contribution in [0.4, 0.5) is 10.7 Å². The molecule has 1 aliphatic heterocycles. The number of rotatable bonds is 3. The number of carbonyl (C=O) groups excluding carboxylic acids is 1. The lowest BCUT2D eigenvalue weighted by atomic mass is 10.1. The summed E-state index contributed by atoms with van der Waals surface area (Å²) in [6.07, 6.45) is 5.32. The van der Waals surface area contributed by atoms with Crippen LogP contribution in [0.1, 0.15) is 40.1 Å². The molecule has 1 aliphatic carbocycles. The van der Waals surface area contributed by atoms with E-state index in [-0.39, 0.29) is 5.97 Å². The van der Waals surface area contributed by atoms with E-state index in [4.69, 9.17) is 26.4 Å². The molecule has 1 aromatic heterocycles. The van der Waals surface area contributed by atoms with Gasteiger partial charge in [0.25, 0.3) is 0 Å². The first-order valence-electron chi connectivity index (χ1n) is 9.36. The van der Waals surface area contributed by atoms with Crippen LogP contribution in [-0.2, 0) is 17.6 Å². The van der Waals surface area contributed by atoms with Crippen LogP contribution in [-0.4, -0.2) is 31.4 Å². The van der Waals surface area contributed by atoms with Crippen molar-refractivity contribution in [2.45, 2.75) is 32.1 Å². The second-order valence-electron chi connectivity index (χ2n) is 6.70. The summed E-state index contributed by atoms with van der Waals surface area (Å²) in [6.45, 7) is 1.08. The molecule has 148 valence electrons. The largest absolute Gasteiger partial charge is 0.486 e. The molecule has 8 heteroatoms. The van der Waals surface area contributed by atoms with Crippen molar-refractivity contribution >= 4 is 45.3 Å². The number of thiophene rings is 1. The summed E-state index contributed by atoms with van der Waals surface area (Å²) < 4.78 is 16.2. The lowest BCUT2D eigenvalue weighted by Crippen LogP contribution is -2.21. The number of hydrogen-bond acceptors (Lipinski definition) is 6. The summed E-state index contributed by atoms with van der Waals surface area (Å²) >= 11 is 7.08. The summed E-state index contributed by atoms with van der Waals surface area (Å²) in [7, 11) is 1.42. The normalized spacial score (nSPS) is 15.2. The van der Waals surface area contributed by atoms with E-state index in [9.17, 15) is 4.79 Å². The zero-order valence-electron chi connectivity index (χ0n) is 15.6. The van der Waals surface area contributed by atoms with Gasteiger partial charge in [-0.15, -0.1) is 11.3 Å². The van der Waals surface area contributed by atoms with Crippen molar-refractivity contribution in [2.75, 3.05) is 31.0 Å². The summed E-state index contributed by atoms with van der Waals surface area (Å²) in [6, 6.07) is 5.59. The minimum atomic E-state index is -0.316. The Bertz CT molecular complexity index is 910. The lowest BCUT2D eigenvalue weighted by molar-refractivity contribution is 0.0601. The van der Waals surface area contributed by atoms with Crippen LogP contribution in [0.15, 0.2) is 18.2 Å². The highest BCUT2D eigenvalue weighted by Crippen LogP contribution is 2.38. The first-order valence-corrected chi connectivity index (χ1v) is 10.6. The molecule has 28 heavy (non-hydrogen) atoms. The smallest absolute Gasteiger partial charge is 0.341 e. The predicted octanol–water partition coefficient (Wildman–Crippen LogP) is 4.38. The van der Waals surface area contributed by atoms with Gasteiger partial charge in [-0.1, -0.05) is 6.42 Å². The minimum absolute atomic E-state index is 0.316. The van der Waals surface area contributed by atoms with Gasteiger partial charge in [0.05, 0.1) is 12.7 Å². The number of hydrogen-bond donors (Lipinski definition) is 2. The number of ether oxygens (including phenoxy) is 3. The van der Waals surface area contributed by atoms with Gasteiger partial charge in [-0.3, -0.25) is 0 Å². The van der Waals surface area contributed by atoms with E-state index in [0.29, 0.717) is 29.6 Å². The third-order valence-electron chi connectivity index (χ3n) is 4.84. The number of esters is 1. The van der Waals surface area contributed by atoms with Gasteiger partial charge in [0, 0.05) is 16.6 Å². The fourth-order valence-corrected chi connectivity index (χ4v) is 5.10. The van der Waals surface area contributed by atoms with Crippen molar-refractivity contribution in [3.05, 3.63) is 34.2 Å². The van der Waals surface area contributed by atoms with E-state index >= 15 is 0 Å². The van der Waals surface area contributed by atoms with Gasteiger partial charge in [0.2, 0.25) is 0 Å². The third kappa shape index (κ3) is 3.93. The standard InChI is InChI=1S/C20H22N2O4S2/c1-24-19(23)17-13-5-3-2-4-6-16(13)28-18(17)22-20(27)21-12-7-8-14-15(11-12)26-10-9-25-14/h7-8,11H,2-6,9-10H2,1H3,(H2,21,22,27). The second-order valence-corrected chi connectivity index (χ2v) is 8.21. The van der Waals surface area contributed by atoms with Crippen LogP contribution in [0, 0.1) is 0 Å². The summed E-state index contributed by atoms with van der Waals surface area (Å²) in [4.78, 5) is 13.7. The number of thiocarbonyl (C=S) groups is 1. The Morgan fingerprint density at radius 2 is 1.89 bits per heavy atom. The van der Waals surface area contributed by atoms with E-state index in [1.165, 1.54) is 18.4 Å². The Labute approximate surface area is 173 Å². The van der Waals surface area contributed by atoms with Crippen molar-refractivity contribution in [1.29, 1.82) is 0 Å². The van der Waals surface area contributed by atoms with Gasteiger partial charge in [-0.25, -0.2) is 4.79 Å². The Balaban J connectivity index is 1.53. The molecule has 0 spiro atoms. The van der Waals surface area contributed by atoms with Crippen LogP contribution in [0.25, 0.3) is 0 Å². The molecule has 4 rings (SSSR count). The van der Waals surface area contributed by atoms with Crippen LogP contribution < -0.4 is 20.1 Å². The zero-order valence-corrected chi connectivity index (χ0v) is 17.3. The van der Waals surface area contributed by atoms with Crippen molar-refractivity contribution in [3.8, 4) is 11.5 Å². The molecular formula is C20H22N2O4S2. The third-order valence-corrected chi connectivity index (χ3v) is 6.25. The van der Waals surface area contributed by atoms with Crippen molar-refractivity contribution < 1.29 is 19.0 Å². The molecule has 6 nitrogen and oxygen atoms in total. The Hall–Kier alpha value is -2.32. The monoisotopic (exact) mass is 418 g/mol. The summed E-state index contributed by atoms with van der Waals surface area (Å²) in [5.74, 6) is 1.10. The lowest BCUT2D eigenvalue weighted by Gasteiger charge is -2.19. The van der Waals surface area contributed by atoms with Crippen LogP contribution in [0.3, 0.4) is 0 Å².